The maximum atomic E-state index is 11.7. The molecule has 0 spiro atoms. The summed E-state index contributed by atoms with van der Waals surface area (Å²) < 4.78 is 4.78. The monoisotopic (exact) mass is 400 g/mol. The Labute approximate surface area is 178 Å². The van der Waals surface area contributed by atoms with Gasteiger partial charge in [-0.2, -0.15) is 0 Å². The van der Waals surface area contributed by atoms with Gasteiger partial charge < -0.3 is 9.84 Å². The normalized spacial score (nSPS) is 13.1. The molecule has 0 aliphatic carbocycles. The third-order valence-electron chi connectivity index (χ3n) is 5.22. The number of allylic oxidation sites excluding steroid dienone is 1. The average molecular weight is 401 g/mol. The van der Waals surface area contributed by atoms with Crippen molar-refractivity contribution in [2.75, 3.05) is 7.11 Å². The molecule has 0 unspecified atom stereocenters. The standard InChI is InChI=1S/C27H28O3/c1-30-27(29)24-19-17-22(18-20-24)25(26(28)23-14-8-4-9-15-23)16-10-3-7-13-21-11-5-2-6-12-21/h2,4-6,8-12,14-20,25-26,28H,3,7,13H2,1H3/b16-10-/t25-,26-/m0/s1. The van der Waals surface area contributed by atoms with Gasteiger partial charge in [0.15, 0.2) is 0 Å². The zero-order chi connectivity index (χ0) is 21.2. The number of aryl methyl sites for hydroxylation is 1. The van der Waals surface area contributed by atoms with E-state index in [1.807, 2.05) is 48.5 Å². The molecule has 0 amide bonds. The summed E-state index contributed by atoms with van der Waals surface area (Å²) in [7, 11) is 1.37. The quantitative estimate of drug-likeness (QED) is 0.278. The fraction of sp³-hybridized carbons (Fsp3) is 0.222. The van der Waals surface area contributed by atoms with E-state index in [0.717, 1.165) is 30.4 Å². The molecule has 0 radical (unpaired) electrons. The van der Waals surface area contributed by atoms with Gasteiger partial charge in [0.2, 0.25) is 0 Å². The van der Waals surface area contributed by atoms with Crippen LogP contribution in [0.5, 0.6) is 0 Å². The second-order valence-electron chi connectivity index (χ2n) is 7.30. The van der Waals surface area contributed by atoms with Crippen LogP contribution >= 0.6 is 0 Å². The fourth-order valence-electron chi connectivity index (χ4n) is 3.53. The lowest BCUT2D eigenvalue weighted by Crippen LogP contribution is -2.10. The van der Waals surface area contributed by atoms with Crippen LogP contribution in [0.15, 0.2) is 97.1 Å². The first kappa shape index (κ1) is 21.5. The topological polar surface area (TPSA) is 46.5 Å². The van der Waals surface area contributed by atoms with Gasteiger partial charge in [-0.1, -0.05) is 84.9 Å². The van der Waals surface area contributed by atoms with Crippen LogP contribution in [0.2, 0.25) is 0 Å². The molecule has 0 aromatic heterocycles. The number of unbranched alkanes of at least 4 members (excludes halogenated alkanes) is 1. The largest absolute Gasteiger partial charge is 0.465 e. The molecular weight excluding hydrogens is 372 g/mol. The lowest BCUT2D eigenvalue weighted by molar-refractivity contribution is 0.0600. The Hall–Kier alpha value is -3.17. The molecule has 0 fully saturated rings. The summed E-state index contributed by atoms with van der Waals surface area (Å²) in [6.45, 7) is 0. The third kappa shape index (κ3) is 5.91. The molecule has 3 aromatic carbocycles. The van der Waals surface area contributed by atoms with Crippen LogP contribution in [0.3, 0.4) is 0 Å². The lowest BCUT2D eigenvalue weighted by atomic mass is 9.88. The van der Waals surface area contributed by atoms with Crippen LogP contribution in [-0.4, -0.2) is 18.2 Å². The molecule has 0 aliphatic heterocycles. The minimum absolute atomic E-state index is 0.198. The van der Waals surface area contributed by atoms with Gasteiger partial charge >= 0.3 is 5.97 Å². The number of methoxy groups -OCH3 is 1. The number of ether oxygens (including phenoxy) is 1. The maximum absolute atomic E-state index is 11.7. The van der Waals surface area contributed by atoms with Crippen molar-refractivity contribution in [2.45, 2.75) is 31.3 Å². The van der Waals surface area contributed by atoms with E-state index in [-0.39, 0.29) is 11.9 Å². The van der Waals surface area contributed by atoms with Crippen LogP contribution in [0.25, 0.3) is 0 Å². The minimum Gasteiger partial charge on any atom is -0.465 e. The van der Waals surface area contributed by atoms with E-state index in [9.17, 15) is 9.90 Å². The molecule has 0 aliphatic rings. The van der Waals surface area contributed by atoms with Crippen molar-refractivity contribution in [3.63, 3.8) is 0 Å². The number of hydrogen-bond donors (Lipinski definition) is 1. The van der Waals surface area contributed by atoms with Crippen LogP contribution in [0.4, 0.5) is 0 Å². The van der Waals surface area contributed by atoms with Crippen LogP contribution < -0.4 is 0 Å². The Bertz CT molecular complexity index is 931. The van der Waals surface area contributed by atoms with Gasteiger partial charge in [0.25, 0.3) is 0 Å². The molecular formula is C27H28O3. The van der Waals surface area contributed by atoms with Gasteiger partial charge in [-0.15, -0.1) is 0 Å². The molecule has 2 atom stereocenters. The molecule has 0 heterocycles. The number of carbonyl (C=O) groups is 1. The summed E-state index contributed by atoms with van der Waals surface area (Å²) in [4.78, 5) is 11.7. The zero-order valence-corrected chi connectivity index (χ0v) is 17.3. The van der Waals surface area contributed by atoms with E-state index in [4.69, 9.17) is 4.74 Å². The molecule has 1 N–H and O–H groups in total. The Balaban J connectivity index is 1.73. The summed E-state index contributed by atoms with van der Waals surface area (Å²) in [6, 6.07) is 27.4. The predicted molar refractivity (Wildman–Crippen MR) is 120 cm³/mol. The second-order valence-corrected chi connectivity index (χ2v) is 7.30. The maximum Gasteiger partial charge on any atom is 0.337 e. The van der Waals surface area contributed by atoms with E-state index in [1.54, 1.807) is 12.1 Å². The number of rotatable bonds is 9. The number of aliphatic hydroxyl groups excluding tert-OH is 1. The SMILES string of the molecule is COC(=O)c1ccc([C@H](/C=C\CCCc2ccccc2)[C@@H](O)c2ccccc2)cc1. The summed E-state index contributed by atoms with van der Waals surface area (Å²) in [6.07, 6.45) is 6.58. The summed E-state index contributed by atoms with van der Waals surface area (Å²) in [5, 5.41) is 11.1. The molecule has 3 aromatic rings. The van der Waals surface area contributed by atoms with Crippen molar-refractivity contribution in [3.05, 3.63) is 119 Å². The first-order valence-corrected chi connectivity index (χ1v) is 10.3. The van der Waals surface area contributed by atoms with Gasteiger partial charge in [-0.3, -0.25) is 0 Å². The summed E-state index contributed by atoms with van der Waals surface area (Å²) in [5.41, 5.74) is 3.66. The number of hydrogen-bond acceptors (Lipinski definition) is 3. The lowest BCUT2D eigenvalue weighted by Gasteiger charge is -2.21. The molecule has 0 bridgehead atoms. The van der Waals surface area contributed by atoms with Gasteiger partial charge in [-0.25, -0.2) is 4.79 Å². The van der Waals surface area contributed by atoms with Gasteiger partial charge in [0, 0.05) is 5.92 Å². The summed E-state index contributed by atoms with van der Waals surface area (Å²) in [5.74, 6) is -0.561. The van der Waals surface area contributed by atoms with E-state index < -0.39 is 6.10 Å². The highest BCUT2D eigenvalue weighted by atomic mass is 16.5. The molecule has 0 saturated carbocycles. The highest BCUT2D eigenvalue weighted by Crippen LogP contribution is 2.32. The Morgan fingerprint density at radius 2 is 1.53 bits per heavy atom. The predicted octanol–water partition coefficient (Wildman–Crippen LogP) is 5.87. The third-order valence-corrected chi connectivity index (χ3v) is 5.22. The molecule has 154 valence electrons. The number of aliphatic hydroxyl groups is 1. The van der Waals surface area contributed by atoms with E-state index in [1.165, 1.54) is 12.7 Å². The van der Waals surface area contributed by atoms with Crippen molar-refractivity contribution in [3.8, 4) is 0 Å². The van der Waals surface area contributed by atoms with Crippen molar-refractivity contribution in [1.82, 2.24) is 0 Å². The molecule has 3 rings (SSSR count). The van der Waals surface area contributed by atoms with Crippen LogP contribution in [0, 0.1) is 0 Å². The molecule has 3 nitrogen and oxygen atoms in total. The number of benzene rings is 3. The summed E-state index contributed by atoms with van der Waals surface area (Å²) >= 11 is 0. The number of carbonyl (C=O) groups excluding carboxylic acids is 1. The highest BCUT2D eigenvalue weighted by Gasteiger charge is 2.20. The Morgan fingerprint density at radius 1 is 0.900 bits per heavy atom. The van der Waals surface area contributed by atoms with Gasteiger partial charge in [0.1, 0.15) is 0 Å². The molecule has 0 saturated heterocycles. The first-order chi connectivity index (χ1) is 14.7. The van der Waals surface area contributed by atoms with E-state index in [2.05, 4.69) is 36.4 Å². The van der Waals surface area contributed by atoms with Crippen molar-refractivity contribution >= 4 is 5.97 Å². The second kappa shape index (κ2) is 11.1. The minimum atomic E-state index is -0.666. The number of esters is 1. The van der Waals surface area contributed by atoms with Crippen LogP contribution in [-0.2, 0) is 11.2 Å². The Morgan fingerprint density at radius 3 is 2.17 bits per heavy atom. The van der Waals surface area contributed by atoms with Gasteiger partial charge in [0.05, 0.1) is 18.8 Å². The zero-order valence-electron chi connectivity index (χ0n) is 17.3. The van der Waals surface area contributed by atoms with Crippen molar-refractivity contribution in [2.24, 2.45) is 0 Å². The van der Waals surface area contributed by atoms with Crippen molar-refractivity contribution in [1.29, 1.82) is 0 Å². The molecule has 30 heavy (non-hydrogen) atoms. The Kier molecular flexibility index (Phi) is 7.99. The first-order valence-electron chi connectivity index (χ1n) is 10.3. The fourth-order valence-corrected chi connectivity index (χ4v) is 3.53. The molecule has 3 heteroatoms. The van der Waals surface area contributed by atoms with Crippen LogP contribution in [0.1, 0.15) is 51.9 Å². The van der Waals surface area contributed by atoms with Crippen molar-refractivity contribution < 1.29 is 14.6 Å². The highest BCUT2D eigenvalue weighted by molar-refractivity contribution is 5.89. The average Bonchev–Trinajstić information content (AvgIpc) is 2.82. The van der Waals surface area contributed by atoms with E-state index in [0.29, 0.717) is 5.56 Å². The smallest absolute Gasteiger partial charge is 0.337 e. The van der Waals surface area contributed by atoms with E-state index >= 15 is 0 Å². The van der Waals surface area contributed by atoms with Gasteiger partial charge in [-0.05, 0) is 48.1 Å².